The van der Waals surface area contributed by atoms with Gasteiger partial charge in [0.2, 0.25) is 0 Å². The molecule has 118 valence electrons. The quantitative estimate of drug-likeness (QED) is 0.922. The van der Waals surface area contributed by atoms with Crippen LogP contribution in [0.5, 0.6) is 0 Å². The van der Waals surface area contributed by atoms with E-state index in [9.17, 15) is 4.79 Å². The number of nitrogens with zero attached hydrogens (tertiary/aromatic N) is 1. The molecule has 0 bridgehead atoms. The maximum Gasteiger partial charge on any atom is 0.255 e. The molecule has 0 fully saturated rings. The minimum absolute atomic E-state index is 0.0794. The van der Waals surface area contributed by atoms with Crippen molar-refractivity contribution < 1.29 is 9.21 Å². The van der Waals surface area contributed by atoms with Gasteiger partial charge in [0.15, 0.2) is 0 Å². The van der Waals surface area contributed by atoms with Gasteiger partial charge < -0.3 is 14.6 Å². The molecule has 0 unspecified atom stereocenters. The van der Waals surface area contributed by atoms with Crippen LogP contribution in [0.3, 0.4) is 0 Å². The normalized spacial score (nSPS) is 11.0. The molecular formula is C18H24N2O2. The van der Waals surface area contributed by atoms with E-state index in [1.165, 1.54) is 5.56 Å². The maximum absolute atomic E-state index is 12.3. The first kappa shape index (κ1) is 16.3. The maximum atomic E-state index is 12.3. The predicted octanol–water partition coefficient (Wildman–Crippen LogP) is 3.20. The van der Waals surface area contributed by atoms with Gasteiger partial charge in [-0.3, -0.25) is 4.79 Å². The van der Waals surface area contributed by atoms with Gasteiger partial charge in [0.1, 0.15) is 11.5 Å². The summed E-state index contributed by atoms with van der Waals surface area (Å²) in [6.45, 7) is 7.05. The van der Waals surface area contributed by atoms with Gasteiger partial charge in [-0.05, 0) is 46.0 Å². The van der Waals surface area contributed by atoms with Gasteiger partial charge in [0.05, 0.1) is 5.56 Å². The number of carbonyl (C=O) groups excluding carboxylic acids is 1. The molecule has 4 nitrogen and oxygen atoms in total. The van der Waals surface area contributed by atoms with E-state index in [4.69, 9.17) is 4.42 Å². The number of nitrogens with one attached hydrogen (secondary N) is 1. The highest BCUT2D eigenvalue weighted by molar-refractivity contribution is 5.96. The van der Waals surface area contributed by atoms with Crippen molar-refractivity contribution in [2.24, 2.45) is 0 Å². The largest absolute Gasteiger partial charge is 0.466 e. The molecule has 22 heavy (non-hydrogen) atoms. The van der Waals surface area contributed by atoms with E-state index in [0.29, 0.717) is 17.9 Å². The summed E-state index contributed by atoms with van der Waals surface area (Å²) in [6.07, 6.45) is 0. The first-order chi connectivity index (χ1) is 10.4. The fourth-order valence-electron chi connectivity index (χ4n) is 2.53. The molecule has 1 heterocycles. The van der Waals surface area contributed by atoms with Crippen molar-refractivity contribution in [3.63, 3.8) is 0 Å². The number of furan rings is 1. The van der Waals surface area contributed by atoms with Crippen LogP contribution in [0.15, 0.2) is 28.7 Å². The van der Waals surface area contributed by atoms with Crippen molar-refractivity contribution in [1.82, 2.24) is 10.2 Å². The Hall–Kier alpha value is -2.07. The SMILES string of the molecule is Cc1oc(C)c(C(=O)NCc2ccc(CN(C)C)cc2)c1C. The zero-order valence-electron chi connectivity index (χ0n) is 14.0. The molecule has 1 aromatic carbocycles. The molecule has 1 N–H and O–H groups in total. The summed E-state index contributed by atoms with van der Waals surface area (Å²) in [7, 11) is 4.09. The van der Waals surface area contributed by atoms with Crippen LogP contribution in [0.2, 0.25) is 0 Å². The third kappa shape index (κ3) is 3.77. The van der Waals surface area contributed by atoms with Crippen molar-refractivity contribution in [1.29, 1.82) is 0 Å². The molecule has 4 heteroatoms. The van der Waals surface area contributed by atoms with Gasteiger partial charge >= 0.3 is 0 Å². The Morgan fingerprint density at radius 2 is 1.64 bits per heavy atom. The fourth-order valence-corrected chi connectivity index (χ4v) is 2.53. The molecule has 0 atom stereocenters. The van der Waals surface area contributed by atoms with E-state index in [2.05, 4.69) is 34.5 Å². The summed E-state index contributed by atoms with van der Waals surface area (Å²) in [5.41, 5.74) is 3.92. The van der Waals surface area contributed by atoms with Gasteiger partial charge in [0.25, 0.3) is 5.91 Å². The topological polar surface area (TPSA) is 45.5 Å². The second-order valence-corrected chi connectivity index (χ2v) is 5.95. The number of amides is 1. The standard InChI is InChI=1S/C18H24N2O2/c1-12-13(2)22-14(3)17(12)18(21)19-10-15-6-8-16(9-7-15)11-20(4)5/h6-9H,10-11H2,1-5H3,(H,19,21). The highest BCUT2D eigenvalue weighted by atomic mass is 16.3. The highest BCUT2D eigenvalue weighted by Gasteiger charge is 2.18. The summed E-state index contributed by atoms with van der Waals surface area (Å²) in [5.74, 6) is 1.40. The van der Waals surface area contributed by atoms with Crippen LogP contribution in [0, 0.1) is 20.8 Å². The molecule has 1 amide bonds. The van der Waals surface area contributed by atoms with Crippen LogP contribution >= 0.6 is 0 Å². The lowest BCUT2D eigenvalue weighted by atomic mass is 10.1. The third-order valence-corrected chi connectivity index (χ3v) is 3.76. The van der Waals surface area contributed by atoms with E-state index < -0.39 is 0 Å². The van der Waals surface area contributed by atoms with Crippen LogP contribution in [-0.4, -0.2) is 24.9 Å². The molecule has 2 aromatic rings. The monoisotopic (exact) mass is 300 g/mol. The molecule has 1 aromatic heterocycles. The van der Waals surface area contributed by atoms with Crippen molar-refractivity contribution >= 4 is 5.91 Å². The molecule has 0 saturated heterocycles. The molecule has 0 aliphatic carbocycles. The van der Waals surface area contributed by atoms with Gasteiger partial charge in [-0.15, -0.1) is 0 Å². The second-order valence-electron chi connectivity index (χ2n) is 5.95. The number of rotatable bonds is 5. The number of hydrogen-bond acceptors (Lipinski definition) is 3. The van der Waals surface area contributed by atoms with Crippen LogP contribution < -0.4 is 5.32 Å². The second kappa shape index (κ2) is 6.79. The van der Waals surface area contributed by atoms with E-state index in [0.717, 1.165) is 23.4 Å². The minimum atomic E-state index is -0.0794. The zero-order valence-corrected chi connectivity index (χ0v) is 14.0. The van der Waals surface area contributed by atoms with Gasteiger partial charge in [0, 0.05) is 18.7 Å². The predicted molar refractivity (Wildman–Crippen MR) is 87.9 cm³/mol. The summed E-state index contributed by atoms with van der Waals surface area (Å²) >= 11 is 0. The zero-order chi connectivity index (χ0) is 16.3. The lowest BCUT2D eigenvalue weighted by Crippen LogP contribution is -2.23. The number of benzene rings is 1. The number of hydrogen-bond donors (Lipinski definition) is 1. The van der Waals surface area contributed by atoms with Crippen molar-refractivity contribution in [3.05, 3.63) is 58.0 Å². The van der Waals surface area contributed by atoms with Crippen LogP contribution in [0.1, 0.15) is 38.6 Å². The fraction of sp³-hybridized carbons (Fsp3) is 0.389. The van der Waals surface area contributed by atoms with Gasteiger partial charge in [-0.2, -0.15) is 0 Å². The average molecular weight is 300 g/mol. The van der Waals surface area contributed by atoms with E-state index in [1.54, 1.807) is 0 Å². The van der Waals surface area contributed by atoms with Crippen LogP contribution in [-0.2, 0) is 13.1 Å². The Kier molecular flexibility index (Phi) is 5.03. The minimum Gasteiger partial charge on any atom is -0.466 e. The van der Waals surface area contributed by atoms with Crippen LogP contribution in [0.4, 0.5) is 0 Å². The molecule has 2 rings (SSSR count). The van der Waals surface area contributed by atoms with Crippen molar-refractivity contribution in [3.8, 4) is 0 Å². The first-order valence-corrected chi connectivity index (χ1v) is 7.46. The Labute approximate surface area is 132 Å². The Morgan fingerprint density at radius 3 is 2.14 bits per heavy atom. The average Bonchev–Trinajstić information content (AvgIpc) is 2.70. The molecule has 0 radical (unpaired) electrons. The van der Waals surface area contributed by atoms with Crippen molar-refractivity contribution in [2.75, 3.05) is 14.1 Å². The lowest BCUT2D eigenvalue weighted by Gasteiger charge is -2.10. The molecule has 0 spiro atoms. The molecule has 0 saturated carbocycles. The Balaban J connectivity index is 1.99. The van der Waals surface area contributed by atoms with Gasteiger partial charge in [-0.25, -0.2) is 0 Å². The molecular weight excluding hydrogens is 276 g/mol. The third-order valence-electron chi connectivity index (χ3n) is 3.76. The molecule has 0 aliphatic rings. The smallest absolute Gasteiger partial charge is 0.255 e. The lowest BCUT2D eigenvalue weighted by molar-refractivity contribution is 0.0949. The number of aryl methyl sites for hydroxylation is 2. The van der Waals surface area contributed by atoms with Crippen LogP contribution in [0.25, 0.3) is 0 Å². The summed E-state index contributed by atoms with van der Waals surface area (Å²) in [4.78, 5) is 14.4. The first-order valence-electron chi connectivity index (χ1n) is 7.46. The summed E-state index contributed by atoms with van der Waals surface area (Å²) < 4.78 is 5.51. The molecule has 0 aliphatic heterocycles. The number of carbonyl (C=O) groups is 1. The highest BCUT2D eigenvalue weighted by Crippen LogP contribution is 2.20. The Bertz CT molecular complexity index is 654. The van der Waals surface area contributed by atoms with Gasteiger partial charge in [-0.1, -0.05) is 24.3 Å². The Morgan fingerprint density at radius 1 is 1.05 bits per heavy atom. The van der Waals surface area contributed by atoms with Crippen molar-refractivity contribution in [2.45, 2.75) is 33.9 Å². The summed E-state index contributed by atoms with van der Waals surface area (Å²) in [5, 5.41) is 2.96. The summed E-state index contributed by atoms with van der Waals surface area (Å²) in [6, 6.07) is 8.30. The van der Waals surface area contributed by atoms with E-state index in [-0.39, 0.29) is 5.91 Å². The van der Waals surface area contributed by atoms with E-state index >= 15 is 0 Å². The van der Waals surface area contributed by atoms with E-state index in [1.807, 2.05) is 34.9 Å².